The predicted octanol–water partition coefficient (Wildman–Crippen LogP) is 3.47. The average Bonchev–Trinajstić information content (AvgIpc) is 3.13. The summed E-state index contributed by atoms with van der Waals surface area (Å²) in [5.74, 6) is -1.06. The number of aromatic nitrogens is 1. The summed E-state index contributed by atoms with van der Waals surface area (Å²) in [7, 11) is 0. The summed E-state index contributed by atoms with van der Waals surface area (Å²) in [6.07, 6.45) is 0. The molecule has 0 atom stereocenters. The molecular formula is C20H16N2O5. The summed E-state index contributed by atoms with van der Waals surface area (Å²) in [5, 5.41) is 5.06. The van der Waals surface area contributed by atoms with E-state index in [0.29, 0.717) is 23.4 Å². The Morgan fingerprint density at radius 2 is 1.89 bits per heavy atom. The number of hydrogen-bond acceptors (Lipinski definition) is 6. The highest BCUT2D eigenvalue weighted by molar-refractivity contribution is 6.47. The van der Waals surface area contributed by atoms with E-state index in [1.54, 1.807) is 12.1 Å². The molecule has 7 heteroatoms. The minimum absolute atomic E-state index is 0.0454. The number of Topliss-reactive ketones (excluding diaryl/α,β-unsaturated/α-hetero) is 2. The molecular weight excluding hydrogens is 348 g/mol. The number of ketones is 2. The fraction of sp³-hybridized carbons (Fsp3) is 0.200. The van der Waals surface area contributed by atoms with Gasteiger partial charge in [-0.05, 0) is 49.3 Å². The van der Waals surface area contributed by atoms with Crippen LogP contribution in [-0.4, -0.2) is 28.0 Å². The quantitative estimate of drug-likeness (QED) is 0.403. The number of hydrogen-bond donors (Lipinski definition) is 0. The second-order valence-corrected chi connectivity index (χ2v) is 6.28. The van der Waals surface area contributed by atoms with Gasteiger partial charge in [-0.3, -0.25) is 9.59 Å². The molecule has 0 N–H and O–H groups in total. The molecule has 0 bridgehead atoms. The van der Waals surface area contributed by atoms with Crippen molar-refractivity contribution >= 4 is 45.2 Å². The van der Waals surface area contributed by atoms with Crippen LogP contribution < -0.4 is 4.74 Å². The minimum atomic E-state index is -0.645. The van der Waals surface area contributed by atoms with Crippen molar-refractivity contribution in [1.82, 2.24) is 4.57 Å². The Hall–Kier alpha value is -3.48. The smallest absolute Gasteiger partial charge is 0.332 e. The predicted molar refractivity (Wildman–Crippen MR) is 99.3 cm³/mol. The van der Waals surface area contributed by atoms with Gasteiger partial charge in [0.25, 0.3) is 5.78 Å². The summed E-state index contributed by atoms with van der Waals surface area (Å²) < 4.78 is 7.76. The SMILES string of the molecule is CCn1c2ccc(C(C)=O)cc2c2c3c(ccc21)C(=O)C(=NOC(C)=O)O3. The summed E-state index contributed by atoms with van der Waals surface area (Å²) in [4.78, 5) is 39.9. The summed E-state index contributed by atoms with van der Waals surface area (Å²) in [6, 6.07) is 9.01. The van der Waals surface area contributed by atoms with E-state index in [2.05, 4.69) is 14.6 Å². The number of ether oxygens (including phenoxy) is 1. The van der Waals surface area contributed by atoms with Crippen LogP contribution in [0.25, 0.3) is 21.8 Å². The molecule has 3 aromatic rings. The third-order valence-electron chi connectivity index (χ3n) is 4.60. The Morgan fingerprint density at radius 1 is 1.15 bits per heavy atom. The summed E-state index contributed by atoms with van der Waals surface area (Å²) in [6.45, 7) is 5.42. The van der Waals surface area contributed by atoms with Crippen molar-refractivity contribution < 1.29 is 24.0 Å². The molecule has 4 rings (SSSR count). The first-order valence-corrected chi connectivity index (χ1v) is 8.50. The number of carbonyl (C=O) groups excluding carboxylic acids is 3. The van der Waals surface area contributed by atoms with Crippen LogP contribution in [0.5, 0.6) is 5.75 Å². The van der Waals surface area contributed by atoms with Crippen molar-refractivity contribution in [3.63, 3.8) is 0 Å². The van der Waals surface area contributed by atoms with Crippen LogP contribution in [0, 0.1) is 0 Å². The Balaban J connectivity index is 2.02. The van der Waals surface area contributed by atoms with Crippen LogP contribution in [0.3, 0.4) is 0 Å². The van der Waals surface area contributed by atoms with Crippen molar-refractivity contribution in [2.24, 2.45) is 5.16 Å². The number of benzene rings is 2. The van der Waals surface area contributed by atoms with Gasteiger partial charge in [-0.1, -0.05) is 0 Å². The first-order valence-electron chi connectivity index (χ1n) is 8.50. The van der Waals surface area contributed by atoms with Gasteiger partial charge >= 0.3 is 11.9 Å². The molecule has 1 aliphatic rings. The molecule has 0 radical (unpaired) electrons. The van der Waals surface area contributed by atoms with Crippen molar-refractivity contribution in [3.8, 4) is 5.75 Å². The van der Waals surface area contributed by atoms with E-state index < -0.39 is 11.8 Å². The molecule has 27 heavy (non-hydrogen) atoms. The molecule has 1 aromatic heterocycles. The third-order valence-corrected chi connectivity index (χ3v) is 4.60. The standard InChI is InChI=1S/C20H16N2O5/c1-4-22-15-7-5-12(10(2)23)9-14(15)17-16(22)8-6-13-18(25)20(26-19(13)17)21-27-11(3)24/h5-9H,4H2,1-3H3. The second-order valence-electron chi connectivity index (χ2n) is 6.28. The molecule has 2 aromatic carbocycles. The van der Waals surface area contributed by atoms with Gasteiger partial charge in [0.2, 0.25) is 0 Å². The molecule has 136 valence electrons. The van der Waals surface area contributed by atoms with E-state index in [1.807, 2.05) is 25.1 Å². The van der Waals surface area contributed by atoms with E-state index in [4.69, 9.17) is 4.74 Å². The molecule has 1 aliphatic heterocycles. The maximum absolute atomic E-state index is 12.5. The monoisotopic (exact) mass is 364 g/mol. The molecule has 0 fully saturated rings. The fourth-order valence-corrected chi connectivity index (χ4v) is 3.43. The molecule has 0 aliphatic carbocycles. The lowest BCUT2D eigenvalue weighted by Gasteiger charge is -2.03. The number of fused-ring (bicyclic) bond motifs is 5. The van der Waals surface area contributed by atoms with Gasteiger partial charge in [-0.25, -0.2) is 4.79 Å². The van der Waals surface area contributed by atoms with E-state index in [9.17, 15) is 14.4 Å². The average molecular weight is 364 g/mol. The topological polar surface area (TPSA) is 87.0 Å². The normalized spacial score (nSPS) is 14.6. The molecule has 7 nitrogen and oxygen atoms in total. The van der Waals surface area contributed by atoms with Crippen molar-refractivity contribution in [3.05, 3.63) is 41.5 Å². The van der Waals surface area contributed by atoms with E-state index >= 15 is 0 Å². The van der Waals surface area contributed by atoms with Gasteiger partial charge in [0.1, 0.15) is 0 Å². The van der Waals surface area contributed by atoms with Crippen molar-refractivity contribution in [1.29, 1.82) is 0 Å². The van der Waals surface area contributed by atoms with E-state index in [1.165, 1.54) is 13.8 Å². The summed E-state index contributed by atoms with van der Waals surface area (Å²) >= 11 is 0. The zero-order chi connectivity index (χ0) is 19.3. The third kappa shape index (κ3) is 2.51. The van der Waals surface area contributed by atoms with E-state index in [-0.39, 0.29) is 11.7 Å². The first-order chi connectivity index (χ1) is 12.9. The molecule has 0 amide bonds. The molecule has 0 saturated heterocycles. The van der Waals surface area contributed by atoms with Crippen LogP contribution >= 0.6 is 0 Å². The molecule has 0 unspecified atom stereocenters. The van der Waals surface area contributed by atoms with Gasteiger partial charge in [0.05, 0.1) is 16.5 Å². The minimum Gasteiger partial charge on any atom is -0.432 e. The second kappa shape index (κ2) is 6.05. The van der Waals surface area contributed by atoms with Crippen LogP contribution in [0.2, 0.25) is 0 Å². The Labute approximate surface area is 154 Å². The largest absolute Gasteiger partial charge is 0.432 e. The lowest BCUT2D eigenvalue weighted by atomic mass is 10.0. The van der Waals surface area contributed by atoms with Gasteiger partial charge < -0.3 is 14.1 Å². The van der Waals surface area contributed by atoms with Gasteiger partial charge in [0.15, 0.2) is 11.5 Å². The highest BCUT2D eigenvalue weighted by Gasteiger charge is 2.33. The number of carbonyl (C=O) groups is 3. The van der Waals surface area contributed by atoms with Crippen LogP contribution in [0.1, 0.15) is 41.5 Å². The number of rotatable bonds is 3. The Bertz CT molecular complexity index is 1190. The number of aryl methyl sites for hydroxylation is 1. The van der Waals surface area contributed by atoms with Gasteiger partial charge in [-0.15, -0.1) is 0 Å². The number of oxime groups is 1. The molecule has 0 spiro atoms. The zero-order valence-electron chi connectivity index (χ0n) is 15.0. The highest BCUT2D eigenvalue weighted by Crippen LogP contribution is 2.41. The van der Waals surface area contributed by atoms with Crippen LogP contribution in [0.4, 0.5) is 0 Å². The lowest BCUT2D eigenvalue weighted by Crippen LogP contribution is -2.13. The van der Waals surface area contributed by atoms with Crippen molar-refractivity contribution in [2.45, 2.75) is 27.3 Å². The van der Waals surface area contributed by atoms with Gasteiger partial charge in [-0.2, -0.15) is 0 Å². The van der Waals surface area contributed by atoms with Crippen LogP contribution in [-0.2, 0) is 16.2 Å². The fourth-order valence-electron chi connectivity index (χ4n) is 3.43. The van der Waals surface area contributed by atoms with Gasteiger partial charge in [0, 0.05) is 29.9 Å². The van der Waals surface area contributed by atoms with E-state index in [0.717, 1.165) is 21.8 Å². The molecule has 0 saturated carbocycles. The number of nitrogens with zero attached hydrogens (tertiary/aromatic N) is 2. The maximum atomic E-state index is 12.5. The lowest BCUT2D eigenvalue weighted by molar-refractivity contribution is -0.141. The van der Waals surface area contributed by atoms with Crippen LogP contribution in [0.15, 0.2) is 35.5 Å². The zero-order valence-corrected chi connectivity index (χ0v) is 15.0. The maximum Gasteiger partial charge on any atom is 0.332 e. The summed E-state index contributed by atoms with van der Waals surface area (Å²) in [5.41, 5.74) is 2.74. The Kier molecular flexibility index (Phi) is 3.80. The first kappa shape index (κ1) is 17.0. The Morgan fingerprint density at radius 3 is 2.56 bits per heavy atom. The highest BCUT2D eigenvalue weighted by atomic mass is 16.7. The van der Waals surface area contributed by atoms with Crippen molar-refractivity contribution in [2.75, 3.05) is 0 Å². The molecule has 2 heterocycles.